The zero-order valence-corrected chi connectivity index (χ0v) is 25.0. The van der Waals surface area contributed by atoms with Gasteiger partial charge in [-0.15, -0.1) is 11.3 Å². The predicted octanol–water partition coefficient (Wildman–Crippen LogP) is 3.80. The van der Waals surface area contributed by atoms with Crippen LogP contribution in [0.4, 0.5) is 9.93 Å². The van der Waals surface area contributed by atoms with Crippen molar-refractivity contribution in [2.24, 2.45) is 17.7 Å². The maximum absolute atomic E-state index is 13.8. The summed E-state index contributed by atoms with van der Waals surface area (Å²) in [5.74, 6) is 4.72. The lowest BCUT2D eigenvalue weighted by atomic mass is 10.0. The number of carbonyl (C=O) groups is 3. The minimum atomic E-state index is -1.07. The van der Waals surface area contributed by atoms with Gasteiger partial charge in [0.25, 0.3) is 11.8 Å². The number of hydrazine groups is 2. The molecule has 4 N–H and O–H groups in total. The molecule has 41 heavy (non-hydrogen) atoms. The maximum Gasteiger partial charge on any atom is 0.361 e. The van der Waals surface area contributed by atoms with E-state index in [2.05, 4.69) is 29.2 Å². The van der Waals surface area contributed by atoms with E-state index in [0.717, 1.165) is 45.8 Å². The van der Waals surface area contributed by atoms with Crippen LogP contribution in [0.5, 0.6) is 5.75 Å². The summed E-state index contributed by atoms with van der Waals surface area (Å²) in [4.78, 5) is 59.0. The first-order valence-electron chi connectivity index (χ1n) is 13.3. The van der Waals surface area contributed by atoms with Crippen molar-refractivity contribution in [3.05, 3.63) is 52.2 Å². The number of urea groups is 1. The molecule has 4 rings (SSSR count). The van der Waals surface area contributed by atoms with Crippen LogP contribution in [0.3, 0.4) is 0 Å². The fourth-order valence-electron chi connectivity index (χ4n) is 4.19. The fourth-order valence-corrected chi connectivity index (χ4v) is 5.73. The van der Waals surface area contributed by atoms with Crippen LogP contribution in [-0.2, 0) is 4.79 Å². The number of carbonyl (C=O) groups excluding carboxylic acids is 4. The van der Waals surface area contributed by atoms with E-state index in [4.69, 9.17) is 10.6 Å². The van der Waals surface area contributed by atoms with Crippen LogP contribution in [0.25, 0.3) is 0 Å². The molecule has 0 spiro atoms. The monoisotopic (exact) mass is 600 g/mol. The van der Waals surface area contributed by atoms with Gasteiger partial charge in [-0.05, 0) is 55.4 Å². The lowest BCUT2D eigenvalue weighted by Crippen LogP contribution is -2.46. The normalized spacial score (nSPS) is 15.3. The number of nitrogens with two attached hydrogens (primary N) is 1. The molecule has 1 fully saturated rings. The minimum Gasteiger partial charge on any atom is -0.447 e. The van der Waals surface area contributed by atoms with Gasteiger partial charge in [0.1, 0.15) is 17.5 Å². The fraction of sp³-hybridized carbons (Fsp3) is 0.444. The van der Waals surface area contributed by atoms with Gasteiger partial charge < -0.3 is 9.64 Å². The molecule has 2 aromatic rings. The molecule has 0 saturated heterocycles. The largest absolute Gasteiger partial charge is 0.447 e. The molecule has 1 saturated carbocycles. The molecule has 4 amide bonds. The van der Waals surface area contributed by atoms with E-state index in [0.29, 0.717) is 22.8 Å². The topological polar surface area (TPSA) is 150 Å². The smallest absolute Gasteiger partial charge is 0.361 e. The molecular weight excluding hydrogens is 566 g/mol. The molecule has 1 atom stereocenters. The second-order valence-corrected chi connectivity index (χ2v) is 12.4. The number of hydrogen-bond acceptors (Lipinski definition) is 11. The number of imide groups is 1. The molecule has 1 aliphatic carbocycles. The average molecular weight is 601 g/mol. The Morgan fingerprint density at radius 3 is 2.46 bits per heavy atom. The van der Waals surface area contributed by atoms with E-state index >= 15 is 0 Å². The number of ether oxygens (including phenoxy) is 1. The zero-order valence-electron chi connectivity index (χ0n) is 23.3. The van der Waals surface area contributed by atoms with Gasteiger partial charge in [0.05, 0.1) is 18.1 Å². The van der Waals surface area contributed by atoms with Crippen LogP contribution in [0.2, 0.25) is 0 Å². The van der Waals surface area contributed by atoms with Crippen molar-refractivity contribution in [3.8, 4) is 5.75 Å². The first kappa shape index (κ1) is 30.3. The van der Waals surface area contributed by atoms with Gasteiger partial charge in [-0.25, -0.2) is 15.6 Å². The molecule has 14 heteroatoms. The number of hydrogen-bond donors (Lipinski definition) is 3. The highest BCUT2D eigenvalue weighted by atomic mass is 32.2. The first-order chi connectivity index (χ1) is 19.6. The highest BCUT2D eigenvalue weighted by Crippen LogP contribution is 2.35. The Morgan fingerprint density at radius 1 is 1.17 bits per heavy atom. The summed E-state index contributed by atoms with van der Waals surface area (Å²) in [6.45, 7) is 8.92. The van der Waals surface area contributed by atoms with Crippen molar-refractivity contribution in [1.82, 2.24) is 25.1 Å². The summed E-state index contributed by atoms with van der Waals surface area (Å²) >= 11 is 2.34. The molecule has 2 aliphatic rings. The van der Waals surface area contributed by atoms with Gasteiger partial charge in [0, 0.05) is 23.5 Å². The number of nitrogens with one attached hydrogen (secondary N) is 2. The van der Waals surface area contributed by atoms with Crippen molar-refractivity contribution in [1.29, 1.82) is 0 Å². The number of amides is 4. The molecule has 1 aromatic carbocycles. The van der Waals surface area contributed by atoms with Crippen molar-refractivity contribution in [2.45, 2.75) is 59.0 Å². The number of anilines is 1. The summed E-state index contributed by atoms with van der Waals surface area (Å²) in [6, 6.07) is 4.92. The van der Waals surface area contributed by atoms with Crippen LogP contribution in [-0.4, -0.2) is 57.1 Å². The summed E-state index contributed by atoms with van der Waals surface area (Å²) in [6.07, 6.45) is 5.83. The van der Waals surface area contributed by atoms with Crippen molar-refractivity contribution in [3.63, 3.8) is 0 Å². The number of aromatic nitrogens is 1. The number of benzene rings is 1. The van der Waals surface area contributed by atoms with E-state index < -0.39 is 23.9 Å². The Labute approximate surface area is 247 Å². The molecule has 12 nitrogen and oxygen atoms in total. The summed E-state index contributed by atoms with van der Waals surface area (Å²) in [5.41, 5.74) is 5.01. The van der Waals surface area contributed by atoms with E-state index in [1.165, 1.54) is 29.7 Å². The van der Waals surface area contributed by atoms with E-state index in [-0.39, 0.29) is 23.6 Å². The second kappa shape index (κ2) is 13.4. The Balaban J connectivity index is 1.53. The summed E-state index contributed by atoms with van der Waals surface area (Å²) < 4.78 is 6.88. The zero-order chi connectivity index (χ0) is 29.7. The Hall–Kier alpha value is -3.62. The van der Waals surface area contributed by atoms with Gasteiger partial charge in [0.2, 0.25) is 11.4 Å². The van der Waals surface area contributed by atoms with Crippen LogP contribution >= 0.6 is 23.3 Å². The van der Waals surface area contributed by atoms with Gasteiger partial charge in [-0.2, -0.15) is 4.41 Å². The Morgan fingerprint density at radius 2 is 1.88 bits per heavy atom. The summed E-state index contributed by atoms with van der Waals surface area (Å²) in [7, 11) is 0. The Bertz CT molecular complexity index is 1290. The number of rotatable bonds is 12. The lowest BCUT2D eigenvalue weighted by molar-refractivity contribution is 0.0569. The molecule has 1 aromatic heterocycles. The van der Waals surface area contributed by atoms with Crippen molar-refractivity contribution in [2.75, 3.05) is 11.4 Å². The van der Waals surface area contributed by atoms with Crippen LogP contribution in [0.1, 0.15) is 67.8 Å². The first-order valence-corrected chi connectivity index (χ1v) is 15.0. The van der Waals surface area contributed by atoms with Crippen LogP contribution < -0.4 is 26.3 Å². The third kappa shape index (κ3) is 7.57. The SMILES string of the molecule is CC(C)C[C@@H]([C]=O)N(C(=O)c1ccc(OC2=CNN(C(=O)NN)S2)cc1)C(=O)c1csc(N(CC(C)C)C2CC2)n1. The molecule has 0 bridgehead atoms. The maximum atomic E-state index is 13.8. The van der Waals surface area contributed by atoms with Crippen molar-refractivity contribution < 1.29 is 23.9 Å². The van der Waals surface area contributed by atoms with Crippen LogP contribution in [0.15, 0.2) is 40.9 Å². The quantitative estimate of drug-likeness (QED) is 0.108. The molecule has 1 aliphatic heterocycles. The Kier molecular flexibility index (Phi) is 9.89. The highest BCUT2D eigenvalue weighted by molar-refractivity contribution is 8.01. The molecular formula is C27H34N7O5S2. The molecule has 219 valence electrons. The predicted molar refractivity (Wildman–Crippen MR) is 157 cm³/mol. The van der Waals surface area contributed by atoms with Gasteiger partial charge in [0.15, 0.2) is 5.13 Å². The van der Waals surface area contributed by atoms with E-state index in [1.54, 1.807) is 17.5 Å². The third-order valence-electron chi connectivity index (χ3n) is 6.19. The number of nitrogens with zero attached hydrogens (tertiary/aromatic N) is 4. The molecule has 1 radical (unpaired) electrons. The highest BCUT2D eigenvalue weighted by Gasteiger charge is 2.36. The minimum absolute atomic E-state index is 0.0365. The van der Waals surface area contributed by atoms with Gasteiger partial charge in [-0.1, -0.05) is 27.7 Å². The average Bonchev–Trinajstić information content (AvgIpc) is 3.48. The summed E-state index contributed by atoms with van der Waals surface area (Å²) in [5, 5.41) is 2.76. The molecule has 2 heterocycles. The third-order valence-corrected chi connectivity index (χ3v) is 7.91. The van der Waals surface area contributed by atoms with Crippen LogP contribution in [0, 0.1) is 11.8 Å². The van der Waals surface area contributed by atoms with Crippen molar-refractivity contribution >= 4 is 52.5 Å². The van der Waals surface area contributed by atoms with Gasteiger partial charge >= 0.3 is 6.03 Å². The lowest BCUT2D eigenvalue weighted by Gasteiger charge is -2.27. The van der Waals surface area contributed by atoms with Gasteiger partial charge in [-0.3, -0.25) is 30.1 Å². The van der Waals surface area contributed by atoms with E-state index in [1.807, 2.05) is 25.6 Å². The number of thiazole rings is 1. The second-order valence-electron chi connectivity index (χ2n) is 10.6. The molecule has 0 unspecified atom stereocenters. The van der Waals surface area contributed by atoms with E-state index in [9.17, 15) is 19.2 Å². The standard InChI is InChI=1S/C27H34N7O5S2/c1-16(2)11-20(14-35)33(25(37)22-15-40-27(30-22)32(13-17(3)4)19-7-8-19)24(36)18-5-9-21(10-6-18)39-23-12-29-34(41-23)26(38)31-28/h5-6,9-10,12,15-17,19-20,29H,7-8,11,13,28H2,1-4H3,(H,31,38)/t20-/m0/s1.